The number of rotatable bonds is 7. The van der Waals surface area contributed by atoms with Gasteiger partial charge in [-0.3, -0.25) is 9.91 Å². The van der Waals surface area contributed by atoms with Crippen LogP contribution in [0.4, 0.5) is 0 Å². The van der Waals surface area contributed by atoms with E-state index in [4.69, 9.17) is 5.10 Å². The zero-order chi connectivity index (χ0) is 26.3. The molecule has 0 unspecified atom stereocenters. The van der Waals surface area contributed by atoms with Crippen LogP contribution in [0.15, 0.2) is 151 Å². The Morgan fingerprint density at radius 3 is 1.44 bits per heavy atom. The molecule has 39 heavy (non-hydrogen) atoms. The normalized spacial score (nSPS) is 14.5. The molecular weight excluding hydrogens is 474 g/mol. The van der Waals surface area contributed by atoms with Gasteiger partial charge in [0.2, 0.25) is 0 Å². The Hall–Kier alpha value is -4.47. The van der Waals surface area contributed by atoms with E-state index in [0.29, 0.717) is 0 Å². The van der Waals surface area contributed by atoms with Gasteiger partial charge in [0.1, 0.15) is 0 Å². The van der Waals surface area contributed by atoms with E-state index in [0.717, 1.165) is 43.0 Å². The predicted octanol–water partition coefficient (Wildman–Crippen LogP) is 7.51. The third kappa shape index (κ3) is 5.84. The standard InChI is InChI=1S/C36H33N3/c1-5-13-29(14-6-1)30-21-23-32(24-22-30)35(31-15-7-2-8-16-31)37-39-27-25-38(26-28-39)36(33-17-9-3-10-18-33)34-19-11-4-12-20-34/h1-24,36H,25-28H2/b37-35+. The molecule has 1 fully saturated rings. The number of nitrogens with zero attached hydrogens (tertiary/aromatic N) is 3. The smallest absolute Gasteiger partial charge is 0.0976 e. The van der Waals surface area contributed by atoms with Crippen molar-refractivity contribution in [3.8, 4) is 11.1 Å². The highest BCUT2D eigenvalue weighted by Gasteiger charge is 2.26. The number of benzene rings is 5. The van der Waals surface area contributed by atoms with Crippen LogP contribution in [0.1, 0.15) is 28.3 Å². The molecule has 0 saturated carbocycles. The van der Waals surface area contributed by atoms with Gasteiger partial charge in [0.25, 0.3) is 0 Å². The largest absolute Gasteiger partial charge is 0.294 e. The number of hydrazone groups is 1. The monoisotopic (exact) mass is 507 g/mol. The molecule has 1 heterocycles. The van der Waals surface area contributed by atoms with E-state index in [2.05, 4.69) is 156 Å². The molecule has 0 aromatic heterocycles. The van der Waals surface area contributed by atoms with E-state index in [9.17, 15) is 0 Å². The van der Waals surface area contributed by atoms with Gasteiger partial charge in [-0.2, -0.15) is 5.10 Å². The van der Waals surface area contributed by atoms with Crippen molar-refractivity contribution in [1.82, 2.24) is 9.91 Å². The lowest BCUT2D eigenvalue weighted by Gasteiger charge is -2.39. The summed E-state index contributed by atoms with van der Waals surface area (Å²) in [4.78, 5) is 2.59. The Bertz CT molecular complexity index is 1430. The van der Waals surface area contributed by atoms with Crippen molar-refractivity contribution in [3.05, 3.63) is 168 Å². The Morgan fingerprint density at radius 1 is 0.462 bits per heavy atom. The molecular formula is C36H33N3. The number of hydrogen-bond donors (Lipinski definition) is 0. The summed E-state index contributed by atoms with van der Waals surface area (Å²) in [7, 11) is 0. The van der Waals surface area contributed by atoms with Crippen LogP contribution in [-0.2, 0) is 0 Å². The molecule has 0 aliphatic carbocycles. The van der Waals surface area contributed by atoms with Crippen molar-refractivity contribution in [2.45, 2.75) is 6.04 Å². The first kappa shape index (κ1) is 24.8. The van der Waals surface area contributed by atoms with Crippen LogP contribution < -0.4 is 0 Å². The summed E-state index contributed by atoms with van der Waals surface area (Å²) in [5.74, 6) is 0. The molecule has 1 saturated heterocycles. The van der Waals surface area contributed by atoms with Crippen molar-refractivity contribution < 1.29 is 0 Å². The number of hydrogen-bond acceptors (Lipinski definition) is 3. The lowest BCUT2D eigenvalue weighted by Crippen LogP contribution is -2.46. The molecule has 5 aromatic rings. The molecule has 1 aliphatic rings. The second kappa shape index (κ2) is 11.9. The maximum absolute atomic E-state index is 5.24. The second-order valence-corrected chi connectivity index (χ2v) is 9.97. The van der Waals surface area contributed by atoms with Gasteiger partial charge in [-0.05, 0) is 22.3 Å². The van der Waals surface area contributed by atoms with Gasteiger partial charge >= 0.3 is 0 Å². The molecule has 1 aliphatic heterocycles. The first-order valence-corrected chi connectivity index (χ1v) is 13.7. The first-order valence-electron chi connectivity index (χ1n) is 13.7. The van der Waals surface area contributed by atoms with Gasteiger partial charge in [-0.1, -0.05) is 146 Å². The summed E-state index contributed by atoms with van der Waals surface area (Å²) in [6, 6.07) is 51.8. The quantitative estimate of drug-likeness (QED) is 0.212. The van der Waals surface area contributed by atoms with Crippen LogP contribution in [0.2, 0.25) is 0 Å². The zero-order valence-corrected chi connectivity index (χ0v) is 22.1. The van der Waals surface area contributed by atoms with Crippen LogP contribution in [-0.4, -0.2) is 41.8 Å². The van der Waals surface area contributed by atoms with Gasteiger partial charge in [0.15, 0.2) is 0 Å². The molecule has 6 rings (SSSR count). The van der Waals surface area contributed by atoms with Crippen LogP contribution in [0.3, 0.4) is 0 Å². The fourth-order valence-corrected chi connectivity index (χ4v) is 5.43. The minimum atomic E-state index is 0.248. The van der Waals surface area contributed by atoms with Crippen LogP contribution in [0, 0.1) is 0 Å². The van der Waals surface area contributed by atoms with E-state index in [1.54, 1.807) is 0 Å². The molecule has 0 radical (unpaired) electrons. The SMILES string of the molecule is c1ccc(/C(=N\N2CCN(C(c3ccccc3)c3ccccc3)CC2)c2ccc(-c3ccccc3)cc2)cc1. The highest BCUT2D eigenvalue weighted by molar-refractivity contribution is 6.12. The Labute approximate surface area is 231 Å². The minimum Gasteiger partial charge on any atom is -0.294 e. The van der Waals surface area contributed by atoms with Crippen LogP contribution in [0.5, 0.6) is 0 Å². The summed E-state index contributed by atoms with van der Waals surface area (Å²) in [6.45, 7) is 3.67. The first-order chi connectivity index (χ1) is 19.3. The highest BCUT2D eigenvalue weighted by Crippen LogP contribution is 2.30. The summed E-state index contributed by atoms with van der Waals surface area (Å²) in [5, 5.41) is 7.49. The van der Waals surface area contributed by atoms with Gasteiger partial charge in [-0.15, -0.1) is 0 Å². The maximum atomic E-state index is 5.24. The Balaban J connectivity index is 1.25. The van der Waals surface area contributed by atoms with Crippen molar-refractivity contribution in [3.63, 3.8) is 0 Å². The Morgan fingerprint density at radius 2 is 0.897 bits per heavy atom. The molecule has 3 heteroatoms. The van der Waals surface area contributed by atoms with Crippen LogP contribution in [0.25, 0.3) is 11.1 Å². The molecule has 0 amide bonds. The van der Waals surface area contributed by atoms with Gasteiger partial charge in [-0.25, -0.2) is 0 Å². The summed E-state index contributed by atoms with van der Waals surface area (Å²) in [6.07, 6.45) is 0. The average Bonchev–Trinajstić information content (AvgIpc) is 3.03. The topological polar surface area (TPSA) is 18.8 Å². The summed E-state index contributed by atoms with van der Waals surface area (Å²) < 4.78 is 0. The molecule has 0 N–H and O–H groups in total. The van der Waals surface area contributed by atoms with Crippen molar-refractivity contribution in [2.24, 2.45) is 5.10 Å². The van der Waals surface area contributed by atoms with Crippen LogP contribution >= 0.6 is 0 Å². The fraction of sp³-hybridized carbons (Fsp3) is 0.139. The lowest BCUT2D eigenvalue weighted by molar-refractivity contribution is 0.112. The van der Waals surface area contributed by atoms with Gasteiger partial charge in [0.05, 0.1) is 11.8 Å². The maximum Gasteiger partial charge on any atom is 0.0976 e. The van der Waals surface area contributed by atoms with E-state index < -0.39 is 0 Å². The van der Waals surface area contributed by atoms with Crippen molar-refractivity contribution in [1.29, 1.82) is 0 Å². The average molecular weight is 508 g/mol. The van der Waals surface area contributed by atoms with E-state index >= 15 is 0 Å². The highest BCUT2D eigenvalue weighted by atomic mass is 15.5. The third-order valence-corrected chi connectivity index (χ3v) is 7.44. The van der Waals surface area contributed by atoms with Crippen molar-refractivity contribution in [2.75, 3.05) is 26.2 Å². The van der Waals surface area contributed by atoms with Crippen molar-refractivity contribution >= 4 is 5.71 Å². The molecule has 5 aromatic carbocycles. The third-order valence-electron chi connectivity index (χ3n) is 7.44. The second-order valence-electron chi connectivity index (χ2n) is 9.97. The minimum absolute atomic E-state index is 0.248. The van der Waals surface area contributed by atoms with Gasteiger partial charge in [0, 0.05) is 37.3 Å². The van der Waals surface area contributed by atoms with E-state index in [1.807, 2.05) is 0 Å². The molecule has 0 atom stereocenters. The predicted molar refractivity (Wildman–Crippen MR) is 162 cm³/mol. The molecule has 0 spiro atoms. The molecule has 192 valence electrons. The van der Waals surface area contributed by atoms with E-state index in [1.165, 1.54) is 22.3 Å². The summed E-state index contributed by atoms with van der Waals surface area (Å²) in [5.41, 5.74) is 8.41. The Kier molecular flexibility index (Phi) is 7.60. The summed E-state index contributed by atoms with van der Waals surface area (Å²) >= 11 is 0. The van der Waals surface area contributed by atoms with Gasteiger partial charge < -0.3 is 0 Å². The molecule has 3 nitrogen and oxygen atoms in total. The van der Waals surface area contributed by atoms with E-state index in [-0.39, 0.29) is 6.04 Å². The lowest BCUT2D eigenvalue weighted by atomic mass is 9.96. The fourth-order valence-electron chi connectivity index (χ4n) is 5.43. The molecule has 0 bridgehead atoms. The zero-order valence-electron chi connectivity index (χ0n) is 22.1. The number of piperazine rings is 1.